The van der Waals surface area contributed by atoms with Crippen LogP contribution < -0.4 is 0 Å². The molecule has 9 nitrogen and oxygen atoms in total. The van der Waals surface area contributed by atoms with Crippen molar-refractivity contribution in [3.05, 3.63) is 0 Å². The van der Waals surface area contributed by atoms with E-state index in [9.17, 15) is 30.6 Å². The maximum atomic E-state index is 12.2. The second kappa shape index (κ2) is 11.1. The van der Waals surface area contributed by atoms with Crippen LogP contribution in [-0.2, 0) is 14.2 Å². The van der Waals surface area contributed by atoms with Crippen LogP contribution in [0.25, 0.3) is 0 Å². The van der Waals surface area contributed by atoms with Gasteiger partial charge in [0.05, 0.1) is 36.1 Å². The Morgan fingerprint density at radius 1 is 0.711 bits per heavy atom. The van der Waals surface area contributed by atoms with Gasteiger partial charge in [-0.05, 0) is 124 Å². The van der Waals surface area contributed by atoms with Gasteiger partial charge in [0.1, 0.15) is 24.4 Å². The third-order valence-corrected chi connectivity index (χ3v) is 15.5. The predicted octanol–water partition coefficient (Wildman–Crippen LogP) is 3.54. The van der Waals surface area contributed by atoms with E-state index in [1.807, 2.05) is 13.8 Å². The second-order valence-electron chi connectivity index (χ2n) is 18.2. The predicted molar refractivity (Wildman–Crippen MR) is 168 cm³/mol. The molecule has 6 fully saturated rings. The third kappa shape index (κ3) is 4.87. The summed E-state index contributed by atoms with van der Waals surface area (Å²) >= 11 is 0. The molecule has 0 aromatic carbocycles. The Kier molecular flexibility index (Phi) is 8.49. The number of hydrogen-bond donors (Lipinski definition) is 6. The van der Waals surface area contributed by atoms with E-state index < -0.39 is 55.1 Å². The van der Waals surface area contributed by atoms with Crippen LogP contribution in [-0.4, -0.2) is 97.5 Å². The van der Waals surface area contributed by atoms with Crippen LogP contribution in [0, 0.1) is 45.3 Å². The van der Waals surface area contributed by atoms with Gasteiger partial charge in [0.2, 0.25) is 0 Å². The highest BCUT2D eigenvalue weighted by Gasteiger charge is 2.72. The smallest absolute Gasteiger partial charge is 0.186 e. The highest BCUT2D eigenvalue weighted by Crippen LogP contribution is 2.76. The fourth-order valence-corrected chi connectivity index (χ4v) is 12.8. The Hall–Kier alpha value is -0.360. The molecule has 260 valence electrons. The number of ether oxygens (including phenoxy) is 3. The topological polar surface area (TPSA) is 149 Å². The zero-order valence-corrected chi connectivity index (χ0v) is 28.9. The molecule has 2 heterocycles. The van der Waals surface area contributed by atoms with Crippen molar-refractivity contribution in [3.63, 3.8) is 0 Å². The molecular weight excluding hydrogens is 576 g/mol. The molecule has 0 amide bonds. The first-order valence-corrected chi connectivity index (χ1v) is 17.8. The van der Waals surface area contributed by atoms with E-state index in [1.54, 1.807) is 0 Å². The zero-order chi connectivity index (χ0) is 33.1. The summed E-state index contributed by atoms with van der Waals surface area (Å²) in [6.07, 6.45) is 0.657. The average molecular weight is 639 g/mol. The van der Waals surface area contributed by atoms with Crippen LogP contribution in [0.3, 0.4) is 0 Å². The van der Waals surface area contributed by atoms with Crippen LogP contribution >= 0.6 is 0 Å². The van der Waals surface area contributed by atoms with Crippen molar-refractivity contribution in [2.75, 3.05) is 6.61 Å². The molecule has 0 aromatic rings. The molecule has 6 rings (SSSR count). The molecule has 2 saturated heterocycles. The van der Waals surface area contributed by atoms with Crippen molar-refractivity contribution in [1.29, 1.82) is 0 Å². The summed E-state index contributed by atoms with van der Waals surface area (Å²) < 4.78 is 19.0. The van der Waals surface area contributed by atoms with E-state index in [1.165, 1.54) is 0 Å². The summed E-state index contributed by atoms with van der Waals surface area (Å²) in [7, 11) is 0. The number of hydrogen-bond acceptors (Lipinski definition) is 9. The van der Waals surface area contributed by atoms with Crippen molar-refractivity contribution in [3.8, 4) is 0 Å². The molecule has 6 aliphatic rings. The van der Waals surface area contributed by atoms with Crippen molar-refractivity contribution in [2.45, 2.75) is 173 Å². The summed E-state index contributed by atoms with van der Waals surface area (Å²) in [6.45, 7) is 17.7. The van der Waals surface area contributed by atoms with E-state index in [-0.39, 0.29) is 45.2 Å². The Morgan fingerprint density at radius 2 is 1.38 bits per heavy atom. The van der Waals surface area contributed by atoms with Crippen LogP contribution in [0.5, 0.6) is 0 Å². The molecule has 0 aromatic heterocycles. The molecule has 9 heteroatoms. The van der Waals surface area contributed by atoms with E-state index in [2.05, 4.69) is 41.5 Å². The fraction of sp³-hybridized carbons (Fsp3) is 1.00. The summed E-state index contributed by atoms with van der Waals surface area (Å²) in [5.41, 5.74) is -1.25. The van der Waals surface area contributed by atoms with Crippen LogP contribution in [0.4, 0.5) is 0 Å². The molecule has 0 radical (unpaired) electrons. The summed E-state index contributed by atoms with van der Waals surface area (Å²) in [5.74, 6) is 1.04. The first kappa shape index (κ1) is 34.5. The van der Waals surface area contributed by atoms with Crippen molar-refractivity contribution < 1.29 is 44.8 Å². The van der Waals surface area contributed by atoms with Gasteiger partial charge in [-0.25, -0.2) is 0 Å². The highest BCUT2D eigenvalue weighted by atomic mass is 16.7. The Labute approximate surface area is 270 Å². The minimum Gasteiger partial charge on any atom is -0.394 e. The van der Waals surface area contributed by atoms with E-state index in [0.29, 0.717) is 11.8 Å². The largest absolute Gasteiger partial charge is 0.394 e. The van der Waals surface area contributed by atoms with Crippen LogP contribution in [0.15, 0.2) is 0 Å². The fourth-order valence-electron chi connectivity index (χ4n) is 12.8. The zero-order valence-electron chi connectivity index (χ0n) is 28.9. The third-order valence-electron chi connectivity index (χ3n) is 15.5. The van der Waals surface area contributed by atoms with Gasteiger partial charge in [0.25, 0.3) is 0 Å². The number of rotatable bonds is 4. The average Bonchev–Trinajstić information content (AvgIpc) is 3.34. The lowest BCUT2D eigenvalue weighted by Crippen LogP contribution is -2.67. The van der Waals surface area contributed by atoms with Crippen LogP contribution in [0.2, 0.25) is 0 Å². The SMILES string of the molecule is CC1(C)O[C@@](C)([C@H]2CC[C@]3(C)[C@@H]2[C@H](O)C[C@@H]2[C@@]4(C)CC[C@H](O[C@@H]5O[C@H](CO)[C@@H](O)[C@H](O)[C@H]5O)C(C)(C)[C@@H]4CC[C@]23C)CC[C@H]1O. The van der Waals surface area contributed by atoms with Gasteiger partial charge < -0.3 is 44.8 Å². The first-order valence-electron chi connectivity index (χ1n) is 17.8. The molecular formula is C36H62O9. The van der Waals surface area contributed by atoms with Gasteiger partial charge in [-0.15, -0.1) is 0 Å². The quantitative estimate of drug-likeness (QED) is 0.254. The van der Waals surface area contributed by atoms with Crippen molar-refractivity contribution in [2.24, 2.45) is 45.3 Å². The summed E-state index contributed by atoms with van der Waals surface area (Å²) in [5, 5.41) is 63.9. The van der Waals surface area contributed by atoms with Crippen molar-refractivity contribution in [1.82, 2.24) is 0 Å². The summed E-state index contributed by atoms with van der Waals surface area (Å²) in [6, 6.07) is 0. The van der Waals surface area contributed by atoms with Gasteiger partial charge in [0.15, 0.2) is 6.29 Å². The monoisotopic (exact) mass is 638 g/mol. The first-order chi connectivity index (χ1) is 20.8. The maximum absolute atomic E-state index is 12.2. The minimum absolute atomic E-state index is 0.0177. The number of aliphatic hydroxyl groups excluding tert-OH is 6. The van der Waals surface area contributed by atoms with E-state index in [4.69, 9.17) is 14.2 Å². The standard InChI is InChI=1S/C36H62O9/c1-31(2)22-10-15-34(6)23(33(22,5)13-12-25(31)44-30-29(42)28(41)27(40)21(18-37)43-30)17-20(38)26-19(9-14-35(26,34)7)36(8)16-11-24(39)32(3,4)45-36/h19-30,37-42H,9-18H2,1-8H3/t19-,20+,21+,22-,23+,24+,25-,26-,27+,28-,29+,30-,33-,34+,35+,36+/m0/s1. The molecule has 0 unspecified atom stereocenters. The van der Waals surface area contributed by atoms with Gasteiger partial charge in [0, 0.05) is 0 Å². The van der Waals surface area contributed by atoms with Gasteiger partial charge in [-0.1, -0.05) is 34.6 Å². The molecule has 6 N–H and O–H groups in total. The number of fused-ring (bicyclic) bond motifs is 5. The lowest BCUT2D eigenvalue weighted by molar-refractivity contribution is -0.332. The van der Waals surface area contributed by atoms with Crippen LogP contribution in [0.1, 0.15) is 113 Å². The second-order valence-corrected chi connectivity index (χ2v) is 18.2. The lowest BCUT2D eigenvalue weighted by atomic mass is 9.35. The van der Waals surface area contributed by atoms with E-state index in [0.717, 1.165) is 57.8 Å². The maximum Gasteiger partial charge on any atom is 0.186 e. The number of aliphatic hydroxyl groups is 6. The van der Waals surface area contributed by atoms with Crippen molar-refractivity contribution >= 4 is 0 Å². The minimum atomic E-state index is -1.46. The molecule has 45 heavy (non-hydrogen) atoms. The molecule has 0 spiro atoms. The normalized spacial score (nSPS) is 57.5. The highest BCUT2D eigenvalue weighted by molar-refractivity contribution is 5.20. The Bertz CT molecular complexity index is 1110. The van der Waals surface area contributed by atoms with Gasteiger partial charge >= 0.3 is 0 Å². The van der Waals surface area contributed by atoms with E-state index >= 15 is 0 Å². The molecule has 16 atom stereocenters. The van der Waals surface area contributed by atoms with Gasteiger partial charge in [-0.2, -0.15) is 0 Å². The Morgan fingerprint density at radius 3 is 2.02 bits per heavy atom. The molecule has 2 aliphatic heterocycles. The summed E-state index contributed by atoms with van der Waals surface area (Å²) in [4.78, 5) is 0. The van der Waals surface area contributed by atoms with Gasteiger partial charge in [-0.3, -0.25) is 0 Å². The molecule has 4 saturated carbocycles. The molecule has 4 aliphatic carbocycles. The molecule has 0 bridgehead atoms. The lowest BCUT2D eigenvalue weighted by Gasteiger charge is -2.71. The Balaban J connectivity index is 1.25.